The molecule has 2 aliphatic rings. The van der Waals surface area contributed by atoms with Gasteiger partial charge in [0.15, 0.2) is 0 Å². The Morgan fingerprint density at radius 3 is 2.71 bits per heavy atom. The van der Waals surface area contributed by atoms with Crippen LogP contribution in [0.25, 0.3) is 38.6 Å². The number of halogens is 1. The van der Waals surface area contributed by atoms with Crippen LogP contribution in [0.5, 0.6) is 0 Å². The second-order valence-electron chi connectivity index (χ2n) is 10.3. The Labute approximate surface area is 219 Å². The first kappa shape index (κ1) is 23.2. The fourth-order valence-electron chi connectivity index (χ4n) is 6.05. The second-order valence-corrected chi connectivity index (χ2v) is 10.3. The molecule has 194 valence electrons. The third kappa shape index (κ3) is 3.98. The predicted octanol–water partition coefficient (Wildman–Crippen LogP) is 5.03. The van der Waals surface area contributed by atoms with Gasteiger partial charge in [-0.1, -0.05) is 0 Å². The maximum Gasteiger partial charge on any atom is 0.222 e. The van der Waals surface area contributed by atoms with Gasteiger partial charge in [0.2, 0.25) is 5.91 Å². The minimum Gasteiger partial charge on any atom is -0.381 e. The number of ether oxygens (including phenoxy) is 1. The molecule has 2 aliphatic heterocycles. The summed E-state index contributed by atoms with van der Waals surface area (Å²) in [5.74, 6) is 0.247. The number of nitrogens with zero attached hydrogens (tertiary/aromatic N) is 5. The molecule has 5 heterocycles. The lowest BCUT2D eigenvalue weighted by Gasteiger charge is -2.25. The highest BCUT2D eigenvalue weighted by molar-refractivity contribution is 6.05. The number of H-pyrrole nitrogens is 1. The summed E-state index contributed by atoms with van der Waals surface area (Å²) >= 11 is 0. The molecule has 2 aromatic carbocycles. The van der Waals surface area contributed by atoms with E-state index in [0.29, 0.717) is 32.7 Å². The molecule has 0 saturated carbocycles. The molecule has 38 heavy (non-hydrogen) atoms. The summed E-state index contributed by atoms with van der Waals surface area (Å²) in [6.45, 7) is 3.57. The van der Waals surface area contributed by atoms with Crippen molar-refractivity contribution >= 4 is 27.7 Å². The summed E-state index contributed by atoms with van der Waals surface area (Å²) in [5, 5.41) is 14.2. The number of nitrogens with one attached hydrogen (secondary N) is 1. The number of aromatic nitrogens is 5. The predicted molar refractivity (Wildman–Crippen MR) is 143 cm³/mol. The van der Waals surface area contributed by atoms with Gasteiger partial charge in [0.25, 0.3) is 0 Å². The van der Waals surface area contributed by atoms with Gasteiger partial charge in [-0.05, 0) is 55.7 Å². The average Bonchev–Trinajstić information content (AvgIpc) is 3.73. The van der Waals surface area contributed by atoms with E-state index in [-0.39, 0.29) is 17.6 Å². The smallest absolute Gasteiger partial charge is 0.222 e. The molecule has 0 spiro atoms. The van der Waals surface area contributed by atoms with Crippen molar-refractivity contribution < 1.29 is 13.9 Å². The van der Waals surface area contributed by atoms with E-state index >= 15 is 0 Å². The van der Waals surface area contributed by atoms with Crippen LogP contribution in [0.1, 0.15) is 37.3 Å². The summed E-state index contributed by atoms with van der Waals surface area (Å²) in [6, 6.07) is 11.0. The number of rotatable bonds is 6. The number of fused-ring (bicyclic) bond motifs is 2. The molecule has 3 aromatic heterocycles. The van der Waals surface area contributed by atoms with Gasteiger partial charge < -0.3 is 14.2 Å². The highest BCUT2D eigenvalue weighted by Gasteiger charge is 2.29. The monoisotopic (exact) mass is 512 g/mol. The van der Waals surface area contributed by atoms with Crippen LogP contribution in [-0.2, 0) is 16.1 Å². The molecular formula is C29H29FN6O2. The summed E-state index contributed by atoms with van der Waals surface area (Å²) in [4.78, 5) is 14.0. The maximum atomic E-state index is 13.9. The van der Waals surface area contributed by atoms with Crippen molar-refractivity contribution in [3.8, 4) is 16.8 Å². The van der Waals surface area contributed by atoms with Crippen molar-refractivity contribution in [3.63, 3.8) is 0 Å². The van der Waals surface area contributed by atoms with Gasteiger partial charge in [-0.15, -0.1) is 0 Å². The van der Waals surface area contributed by atoms with Gasteiger partial charge in [0.05, 0.1) is 30.0 Å². The van der Waals surface area contributed by atoms with E-state index in [2.05, 4.69) is 33.1 Å². The quantitative estimate of drug-likeness (QED) is 0.346. The van der Waals surface area contributed by atoms with Gasteiger partial charge in [0, 0.05) is 78.1 Å². The van der Waals surface area contributed by atoms with E-state index in [0.717, 1.165) is 64.4 Å². The number of likely N-dealkylation sites (tertiary alicyclic amines) is 1. The molecule has 0 unspecified atom stereocenters. The molecule has 9 heteroatoms. The Balaban J connectivity index is 1.41. The molecule has 0 bridgehead atoms. The van der Waals surface area contributed by atoms with E-state index in [1.165, 1.54) is 17.8 Å². The lowest BCUT2D eigenvalue weighted by Crippen LogP contribution is -2.28. The molecule has 0 atom stereocenters. The van der Waals surface area contributed by atoms with Gasteiger partial charge in [-0.25, -0.2) is 4.39 Å². The molecule has 2 fully saturated rings. The summed E-state index contributed by atoms with van der Waals surface area (Å²) in [7, 11) is 0. The van der Waals surface area contributed by atoms with Crippen molar-refractivity contribution in [2.24, 2.45) is 0 Å². The zero-order valence-electron chi connectivity index (χ0n) is 21.1. The van der Waals surface area contributed by atoms with Crippen LogP contribution in [0.2, 0.25) is 0 Å². The zero-order chi connectivity index (χ0) is 25.6. The largest absolute Gasteiger partial charge is 0.381 e. The molecule has 1 amide bonds. The highest BCUT2D eigenvalue weighted by Crippen LogP contribution is 2.44. The van der Waals surface area contributed by atoms with E-state index in [9.17, 15) is 9.18 Å². The van der Waals surface area contributed by atoms with Gasteiger partial charge in [-0.3, -0.25) is 14.6 Å². The third-order valence-electron chi connectivity index (χ3n) is 7.95. The SMILES string of the molecule is O=C1CCCN1CCn1cc(-c2c(C3CCOCC3)n(-c3ccc(F)cc3)c3cc4cn[nH]c4cc23)cn1. The van der Waals surface area contributed by atoms with Crippen LogP contribution in [0.3, 0.4) is 0 Å². The number of carbonyl (C=O) groups is 1. The molecule has 7 rings (SSSR count). The molecule has 5 aromatic rings. The highest BCUT2D eigenvalue weighted by atomic mass is 19.1. The fourth-order valence-corrected chi connectivity index (χ4v) is 6.05. The van der Waals surface area contributed by atoms with E-state index in [4.69, 9.17) is 9.84 Å². The lowest BCUT2D eigenvalue weighted by molar-refractivity contribution is -0.127. The minimum atomic E-state index is -0.256. The number of hydrogen-bond acceptors (Lipinski definition) is 4. The van der Waals surface area contributed by atoms with Crippen LogP contribution in [0.15, 0.2) is 55.0 Å². The molecule has 0 aliphatic carbocycles. The van der Waals surface area contributed by atoms with Gasteiger partial charge in [0.1, 0.15) is 5.82 Å². The van der Waals surface area contributed by atoms with Crippen molar-refractivity contribution in [3.05, 3.63) is 66.5 Å². The molecule has 8 nitrogen and oxygen atoms in total. The first-order chi connectivity index (χ1) is 18.7. The number of benzene rings is 2. The first-order valence-corrected chi connectivity index (χ1v) is 13.3. The Kier molecular flexibility index (Phi) is 5.73. The third-order valence-corrected chi connectivity index (χ3v) is 7.95. The molecule has 1 N–H and O–H groups in total. The van der Waals surface area contributed by atoms with Crippen LogP contribution in [0, 0.1) is 5.82 Å². The Morgan fingerprint density at radius 2 is 1.92 bits per heavy atom. The average molecular weight is 513 g/mol. The summed E-state index contributed by atoms with van der Waals surface area (Å²) < 4.78 is 23.9. The number of carbonyl (C=O) groups excluding carboxylic acids is 1. The minimum absolute atomic E-state index is 0.227. The number of aromatic amines is 1. The van der Waals surface area contributed by atoms with Crippen LogP contribution >= 0.6 is 0 Å². The fraction of sp³-hybridized carbons (Fsp3) is 0.345. The number of amides is 1. The summed E-state index contributed by atoms with van der Waals surface area (Å²) in [5.41, 5.74) is 6.31. The van der Waals surface area contributed by atoms with E-state index in [1.807, 2.05) is 34.1 Å². The standard InChI is InChI=1S/C29H29FN6O2/c30-22-3-5-23(6-4-22)36-26-14-20-16-31-33-25(20)15-24(26)28(29(36)19-7-12-38-13-8-19)21-17-32-35(18-21)11-10-34-9-1-2-27(34)37/h3-6,14-19H,1-2,7-13H2,(H,31,33). The first-order valence-electron chi connectivity index (χ1n) is 13.3. The van der Waals surface area contributed by atoms with Crippen LogP contribution < -0.4 is 0 Å². The van der Waals surface area contributed by atoms with Crippen LogP contribution in [0.4, 0.5) is 4.39 Å². The van der Waals surface area contributed by atoms with E-state index < -0.39 is 0 Å². The molecular weight excluding hydrogens is 483 g/mol. The second kappa shape index (κ2) is 9.40. The van der Waals surface area contributed by atoms with Gasteiger partial charge in [-0.2, -0.15) is 10.2 Å². The maximum absolute atomic E-state index is 13.9. The lowest BCUT2D eigenvalue weighted by atomic mass is 9.91. The number of hydrogen-bond donors (Lipinski definition) is 1. The Morgan fingerprint density at radius 1 is 1.08 bits per heavy atom. The van der Waals surface area contributed by atoms with Gasteiger partial charge >= 0.3 is 0 Å². The Bertz CT molecular complexity index is 1630. The van der Waals surface area contributed by atoms with Crippen molar-refractivity contribution in [1.29, 1.82) is 0 Å². The van der Waals surface area contributed by atoms with E-state index in [1.54, 1.807) is 0 Å². The van der Waals surface area contributed by atoms with Crippen molar-refractivity contribution in [2.75, 3.05) is 26.3 Å². The van der Waals surface area contributed by atoms with Crippen LogP contribution in [-0.4, -0.2) is 61.7 Å². The normalized spacial score (nSPS) is 16.9. The van der Waals surface area contributed by atoms with Crippen molar-refractivity contribution in [1.82, 2.24) is 29.4 Å². The topological polar surface area (TPSA) is 81.0 Å². The molecule has 0 radical (unpaired) electrons. The van der Waals surface area contributed by atoms with Crippen molar-refractivity contribution in [2.45, 2.75) is 38.1 Å². The summed E-state index contributed by atoms with van der Waals surface area (Å²) in [6.07, 6.45) is 9.25. The Hall–Kier alpha value is -3.98. The zero-order valence-corrected chi connectivity index (χ0v) is 21.1. The molecule has 2 saturated heterocycles.